The number of aliphatic carboxylic acids is 1. The van der Waals surface area contributed by atoms with Crippen LogP contribution in [-0.2, 0) is 16.0 Å². The van der Waals surface area contributed by atoms with E-state index in [1.807, 2.05) is 6.07 Å². The number of carbonyl (C=O) groups is 2. The number of anilines is 1. The second-order valence-electron chi connectivity index (χ2n) is 6.43. The molecule has 3 aromatic rings. The summed E-state index contributed by atoms with van der Waals surface area (Å²) in [4.78, 5) is 41.8. The number of carboxylic acids is 1. The quantitative estimate of drug-likeness (QED) is 0.659. The van der Waals surface area contributed by atoms with E-state index in [4.69, 9.17) is 5.73 Å². The number of hydrogen-bond acceptors (Lipinski definition) is 5. The number of carboxylic acid groups (broad SMARTS) is 1. The van der Waals surface area contributed by atoms with E-state index in [9.17, 15) is 19.5 Å². The van der Waals surface area contributed by atoms with E-state index in [1.165, 1.54) is 13.1 Å². The Morgan fingerprint density at radius 1 is 1.10 bits per heavy atom. The van der Waals surface area contributed by atoms with Gasteiger partial charge >= 0.3 is 5.97 Å². The minimum Gasteiger partial charge on any atom is -0.480 e. The highest BCUT2D eigenvalue weighted by Gasteiger charge is 2.32. The standard InChI is InChI=1S/C21H20N4O4/c1-14(26)24(18(21(28)29)12-15-8-4-2-5-9-15)25-19(16-10-6-3-7-11-16)23-13-17(22)20(25)27/h2-11,13,18H,12,22H2,1H3,(H,28,29)/t18-/m0/s1. The van der Waals surface area contributed by atoms with Gasteiger partial charge in [-0.3, -0.25) is 9.59 Å². The van der Waals surface area contributed by atoms with Crippen LogP contribution in [0.4, 0.5) is 5.69 Å². The number of nitrogens with two attached hydrogens (primary N) is 1. The zero-order valence-electron chi connectivity index (χ0n) is 15.7. The van der Waals surface area contributed by atoms with Crippen LogP contribution >= 0.6 is 0 Å². The maximum atomic E-state index is 12.9. The van der Waals surface area contributed by atoms with Gasteiger partial charge in [-0.2, -0.15) is 4.68 Å². The van der Waals surface area contributed by atoms with Gasteiger partial charge in [-0.15, -0.1) is 0 Å². The van der Waals surface area contributed by atoms with Crippen LogP contribution in [0.15, 0.2) is 71.7 Å². The van der Waals surface area contributed by atoms with Gasteiger partial charge in [0, 0.05) is 18.9 Å². The van der Waals surface area contributed by atoms with E-state index in [0.29, 0.717) is 11.1 Å². The SMILES string of the molecule is CC(=O)N([C@@H](Cc1ccccc1)C(=O)O)n1c(-c2ccccc2)ncc(N)c1=O. The van der Waals surface area contributed by atoms with Crippen molar-refractivity contribution < 1.29 is 14.7 Å². The van der Waals surface area contributed by atoms with Gasteiger partial charge in [0.2, 0.25) is 5.91 Å². The fourth-order valence-corrected chi connectivity index (χ4v) is 3.06. The Bertz CT molecular complexity index is 1080. The number of benzene rings is 2. The van der Waals surface area contributed by atoms with Crippen molar-refractivity contribution in [3.8, 4) is 11.4 Å². The Kier molecular flexibility index (Phi) is 5.73. The van der Waals surface area contributed by atoms with Crippen LogP contribution in [0.2, 0.25) is 0 Å². The van der Waals surface area contributed by atoms with Crippen LogP contribution in [0.1, 0.15) is 12.5 Å². The van der Waals surface area contributed by atoms with E-state index >= 15 is 0 Å². The molecule has 3 N–H and O–H groups in total. The second-order valence-corrected chi connectivity index (χ2v) is 6.43. The number of carbonyl (C=O) groups excluding carboxylic acids is 1. The molecule has 0 radical (unpaired) electrons. The molecule has 0 aliphatic carbocycles. The summed E-state index contributed by atoms with van der Waals surface area (Å²) in [6, 6.07) is 16.2. The molecular weight excluding hydrogens is 372 g/mol. The largest absolute Gasteiger partial charge is 0.480 e. The Hall–Kier alpha value is -3.94. The third-order valence-corrected chi connectivity index (χ3v) is 4.39. The van der Waals surface area contributed by atoms with Gasteiger partial charge in [0.15, 0.2) is 11.9 Å². The summed E-state index contributed by atoms with van der Waals surface area (Å²) in [5.74, 6) is -1.75. The van der Waals surface area contributed by atoms with Crippen LogP contribution in [0.5, 0.6) is 0 Å². The van der Waals surface area contributed by atoms with E-state index in [2.05, 4.69) is 4.98 Å². The molecule has 8 heteroatoms. The van der Waals surface area contributed by atoms with Gasteiger partial charge < -0.3 is 10.8 Å². The zero-order valence-corrected chi connectivity index (χ0v) is 15.7. The summed E-state index contributed by atoms with van der Waals surface area (Å²) in [6.45, 7) is 1.20. The van der Waals surface area contributed by atoms with Crippen molar-refractivity contribution in [1.29, 1.82) is 0 Å². The number of rotatable bonds is 6. The molecule has 0 aliphatic heterocycles. The third-order valence-electron chi connectivity index (χ3n) is 4.39. The molecule has 2 aromatic carbocycles. The van der Waals surface area contributed by atoms with Crippen molar-refractivity contribution in [2.24, 2.45) is 0 Å². The maximum Gasteiger partial charge on any atom is 0.328 e. The minimum atomic E-state index is -1.33. The number of amides is 1. The molecular formula is C21H20N4O4. The number of aromatic nitrogens is 2. The molecule has 0 fully saturated rings. The summed E-state index contributed by atoms with van der Waals surface area (Å²) < 4.78 is 0.953. The lowest BCUT2D eigenvalue weighted by molar-refractivity contribution is -0.140. The Balaban J connectivity index is 2.20. The van der Waals surface area contributed by atoms with Gasteiger partial charge in [-0.25, -0.2) is 14.8 Å². The first kappa shape index (κ1) is 19.8. The summed E-state index contributed by atoms with van der Waals surface area (Å²) in [5, 5.41) is 10.8. The van der Waals surface area contributed by atoms with Crippen molar-refractivity contribution in [2.45, 2.75) is 19.4 Å². The van der Waals surface area contributed by atoms with Crippen LogP contribution < -0.4 is 16.3 Å². The molecule has 1 amide bonds. The minimum absolute atomic E-state index is 0.00518. The van der Waals surface area contributed by atoms with Crippen molar-refractivity contribution in [3.63, 3.8) is 0 Å². The molecule has 8 nitrogen and oxygen atoms in total. The highest BCUT2D eigenvalue weighted by Crippen LogP contribution is 2.18. The summed E-state index contributed by atoms with van der Waals surface area (Å²) in [7, 11) is 0. The summed E-state index contributed by atoms with van der Waals surface area (Å²) >= 11 is 0. The Morgan fingerprint density at radius 3 is 2.24 bits per heavy atom. The summed E-state index contributed by atoms with van der Waals surface area (Å²) in [5.41, 5.74) is 6.09. The molecule has 1 heterocycles. The Morgan fingerprint density at radius 2 is 1.69 bits per heavy atom. The number of hydrogen-bond donors (Lipinski definition) is 2. The van der Waals surface area contributed by atoms with Crippen LogP contribution in [0.25, 0.3) is 11.4 Å². The van der Waals surface area contributed by atoms with Gasteiger partial charge in [0.1, 0.15) is 5.69 Å². The fourth-order valence-electron chi connectivity index (χ4n) is 3.06. The first-order valence-corrected chi connectivity index (χ1v) is 8.90. The van der Waals surface area contributed by atoms with Crippen LogP contribution in [0.3, 0.4) is 0 Å². The average Bonchev–Trinajstić information content (AvgIpc) is 2.71. The van der Waals surface area contributed by atoms with Crippen molar-refractivity contribution in [2.75, 3.05) is 10.7 Å². The van der Waals surface area contributed by atoms with Gasteiger partial charge in [0.25, 0.3) is 5.56 Å². The molecule has 3 rings (SSSR count). The van der Waals surface area contributed by atoms with E-state index in [-0.39, 0.29) is 17.9 Å². The third kappa shape index (κ3) is 4.16. The molecule has 0 spiro atoms. The maximum absolute atomic E-state index is 12.9. The predicted molar refractivity (Wildman–Crippen MR) is 109 cm³/mol. The number of nitrogen functional groups attached to an aromatic ring is 1. The monoisotopic (exact) mass is 392 g/mol. The van der Waals surface area contributed by atoms with Crippen LogP contribution in [0, 0.1) is 0 Å². The van der Waals surface area contributed by atoms with Crippen molar-refractivity contribution in [1.82, 2.24) is 9.66 Å². The fraction of sp³-hybridized carbons (Fsp3) is 0.143. The van der Waals surface area contributed by atoms with E-state index in [0.717, 1.165) is 9.69 Å². The van der Waals surface area contributed by atoms with Crippen LogP contribution in [-0.4, -0.2) is 32.7 Å². The molecule has 1 atom stereocenters. The molecule has 0 saturated carbocycles. The molecule has 0 unspecified atom stereocenters. The lowest BCUT2D eigenvalue weighted by Gasteiger charge is -2.30. The topological polar surface area (TPSA) is 119 Å². The second kappa shape index (κ2) is 8.39. The molecule has 1 aromatic heterocycles. The first-order chi connectivity index (χ1) is 13.9. The highest BCUT2D eigenvalue weighted by atomic mass is 16.4. The number of nitrogens with zero attached hydrogens (tertiary/aromatic N) is 3. The molecule has 29 heavy (non-hydrogen) atoms. The van der Waals surface area contributed by atoms with Crippen molar-refractivity contribution >= 4 is 17.6 Å². The van der Waals surface area contributed by atoms with Gasteiger partial charge in [-0.05, 0) is 5.56 Å². The van der Waals surface area contributed by atoms with Gasteiger partial charge in [-0.1, -0.05) is 60.7 Å². The lowest BCUT2D eigenvalue weighted by atomic mass is 10.1. The van der Waals surface area contributed by atoms with E-state index < -0.39 is 23.5 Å². The zero-order chi connectivity index (χ0) is 21.0. The lowest BCUT2D eigenvalue weighted by Crippen LogP contribution is -2.56. The molecule has 0 bridgehead atoms. The average molecular weight is 392 g/mol. The van der Waals surface area contributed by atoms with E-state index in [1.54, 1.807) is 54.6 Å². The van der Waals surface area contributed by atoms with Gasteiger partial charge in [0.05, 0.1) is 6.20 Å². The van der Waals surface area contributed by atoms with Crippen molar-refractivity contribution in [3.05, 3.63) is 82.8 Å². The molecule has 148 valence electrons. The highest BCUT2D eigenvalue weighted by molar-refractivity contribution is 5.92. The smallest absolute Gasteiger partial charge is 0.328 e. The summed E-state index contributed by atoms with van der Waals surface area (Å²) in [6.07, 6.45) is 1.21. The molecule has 0 saturated heterocycles. The molecule has 0 aliphatic rings. The normalized spacial score (nSPS) is 11.6. The predicted octanol–water partition coefficient (Wildman–Crippen LogP) is 1.67. The first-order valence-electron chi connectivity index (χ1n) is 8.90. The Labute approximate surface area is 166 Å².